The molecule has 2 unspecified atom stereocenters. The van der Waals surface area contributed by atoms with Crippen LogP contribution < -0.4 is 5.32 Å². The molecule has 0 radical (unpaired) electrons. The van der Waals surface area contributed by atoms with Crippen molar-refractivity contribution >= 4 is 29.1 Å². The van der Waals surface area contributed by atoms with Gasteiger partial charge in [-0.05, 0) is 48.6 Å². The van der Waals surface area contributed by atoms with Crippen LogP contribution in [0.2, 0.25) is 5.02 Å². The Morgan fingerprint density at radius 3 is 2.42 bits per heavy atom. The standard InChI is InChI=1S/C23H24ClF2N3O2/c1-14-2-4-18(9-20(14)24)27-22(30)6-7-28-10-15-12-29(13-16(15)11-28)23(31)19-5-3-17(25)8-21(19)26/h2-5,8-9,15-16H,6-7,10-13H2,1H3,(H,27,30). The Morgan fingerprint density at radius 2 is 1.77 bits per heavy atom. The van der Waals surface area contributed by atoms with Gasteiger partial charge < -0.3 is 15.1 Å². The van der Waals surface area contributed by atoms with Crippen LogP contribution >= 0.6 is 11.6 Å². The Balaban J connectivity index is 1.25. The van der Waals surface area contributed by atoms with Crippen LogP contribution in [0.4, 0.5) is 14.5 Å². The summed E-state index contributed by atoms with van der Waals surface area (Å²) in [4.78, 5) is 28.8. The fourth-order valence-electron chi connectivity index (χ4n) is 4.43. The van der Waals surface area contributed by atoms with E-state index in [1.807, 2.05) is 19.1 Å². The van der Waals surface area contributed by atoms with Gasteiger partial charge >= 0.3 is 0 Å². The minimum atomic E-state index is -0.829. The second-order valence-electron chi connectivity index (χ2n) is 8.38. The van der Waals surface area contributed by atoms with Gasteiger partial charge in [-0.3, -0.25) is 9.59 Å². The minimum Gasteiger partial charge on any atom is -0.338 e. The zero-order chi connectivity index (χ0) is 22.1. The zero-order valence-electron chi connectivity index (χ0n) is 17.2. The number of fused-ring (bicyclic) bond motifs is 1. The number of rotatable bonds is 5. The summed E-state index contributed by atoms with van der Waals surface area (Å²) in [5, 5.41) is 3.48. The van der Waals surface area contributed by atoms with Gasteiger partial charge in [-0.25, -0.2) is 8.78 Å². The van der Waals surface area contributed by atoms with Crippen LogP contribution in [0, 0.1) is 30.4 Å². The molecular formula is C23H24ClF2N3O2. The molecule has 2 saturated heterocycles. The van der Waals surface area contributed by atoms with Crippen LogP contribution in [-0.4, -0.2) is 54.3 Å². The van der Waals surface area contributed by atoms with Gasteiger partial charge in [0.15, 0.2) is 0 Å². The summed E-state index contributed by atoms with van der Waals surface area (Å²) in [6.07, 6.45) is 0.369. The number of nitrogens with zero attached hydrogens (tertiary/aromatic N) is 2. The molecule has 2 aromatic carbocycles. The highest BCUT2D eigenvalue weighted by Crippen LogP contribution is 2.32. The van der Waals surface area contributed by atoms with E-state index in [1.54, 1.807) is 11.0 Å². The molecule has 0 saturated carbocycles. The van der Waals surface area contributed by atoms with Gasteiger partial charge in [0.1, 0.15) is 11.6 Å². The van der Waals surface area contributed by atoms with Crippen molar-refractivity contribution in [2.75, 3.05) is 38.0 Å². The number of hydrogen-bond acceptors (Lipinski definition) is 3. The number of nitrogens with one attached hydrogen (secondary N) is 1. The topological polar surface area (TPSA) is 52.7 Å². The maximum atomic E-state index is 13.9. The molecule has 4 rings (SSSR count). The lowest BCUT2D eigenvalue weighted by atomic mass is 10.0. The van der Waals surface area contributed by atoms with Gasteiger partial charge in [0.05, 0.1) is 5.56 Å². The molecule has 1 N–H and O–H groups in total. The molecule has 2 aliphatic rings. The zero-order valence-corrected chi connectivity index (χ0v) is 18.0. The third-order valence-electron chi connectivity index (χ3n) is 6.12. The average Bonchev–Trinajstić information content (AvgIpc) is 3.28. The van der Waals surface area contributed by atoms with E-state index >= 15 is 0 Å². The first-order valence-corrected chi connectivity index (χ1v) is 10.7. The number of carbonyl (C=O) groups excluding carboxylic acids is 2. The molecule has 0 spiro atoms. The molecule has 2 aromatic rings. The fourth-order valence-corrected chi connectivity index (χ4v) is 4.61. The highest BCUT2D eigenvalue weighted by atomic mass is 35.5. The van der Waals surface area contributed by atoms with Gasteiger partial charge in [-0.2, -0.15) is 0 Å². The van der Waals surface area contributed by atoms with Crippen molar-refractivity contribution in [3.8, 4) is 0 Å². The third-order valence-corrected chi connectivity index (χ3v) is 6.53. The maximum absolute atomic E-state index is 13.9. The molecule has 31 heavy (non-hydrogen) atoms. The summed E-state index contributed by atoms with van der Waals surface area (Å²) in [7, 11) is 0. The van der Waals surface area contributed by atoms with Gasteiger partial charge in [-0.15, -0.1) is 0 Å². The molecule has 2 amide bonds. The summed E-state index contributed by atoms with van der Waals surface area (Å²) in [5.74, 6) is -1.39. The summed E-state index contributed by atoms with van der Waals surface area (Å²) in [5.41, 5.74) is 1.55. The maximum Gasteiger partial charge on any atom is 0.256 e. The van der Waals surface area contributed by atoms with Crippen molar-refractivity contribution in [3.05, 3.63) is 64.2 Å². The largest absolute Gasteiger partial charge is 0.338 e. The van der Waals surface area contributed by atoms with E-state index in [1.165, 1.54) is 6.07 Å². The second kappa shape index (κ2) is 8.93. The molecule has 2 fully saturated rings. The SMILES string of the molecule is Cc1ccc(NC(=O)CCN2CC3CN(C(=O)c4ccc(F)cc4F)CC3C2)cc1Cl. The molecular weight excluding hydrogens is 424 g/mol. The van der Waals surface area contributed by atoms with E-state index in [2.05, 4.69) is 10.2 Å². The fraction of sp³-hybridized carbons (Fsp3) is 0.391. The van der Waals surface area contributed by atoms with E-state index in [0.29, 0.717) is 48.6 Å². The first-order valence-electron chi connectivity index (χ1n) is 10.3. The number of hydrogen-bond donors (Lipinski definition) is 1. The van der Waals surface area contributed by atoms with Crippen molar-refractivity contribution in [1.82, 2.24) is 9.80 Å². The van der Waals surface area contributed by atoms with Crippen LogP contribution in [-0.2, 0) is 4.79 Å². The molecule has 2 atom stereocenters. The molecule has 0 bridgehead atoms. The predicted octanol–water partition coefficient (Wildman–Crippen LogP) is 3.96. The first kappa shape index (κ1) is 21.7. The lowest BCUT2D eigenvalue weighted by molar-refractivity contribution is -0.116. The Hall–Kier alpha value is -2.51. The molecule has 5 nitrogen and oxygen atoms in total. The first-order chi connectivity index (χ1) is 14.8. The smallest absolute Gasteiger partial charge is 0.256 e. The number of amides is 2. The molecule has 8 heteroatoms. The van der Waals surface area contributed by atoms with Gasteiger partial charge in [0, 0.05) is 55.9 Å². The summed E-state index contributed by atoms with van der Waals surface area (Å²) in [6.45, 7) is 5.23. The van der Waals surface area contributed by atoms with E-state index in [9.17, 15) is 18.4 Å². The lowest BCUT2D eigenvalue weighted by Gasteiger charge is -2.21. The predicted molar refractivity (Wildman–Crippen MR) is 115 cm³/mol. The number of aryl methyl sites for hydroxylation is 1. The molecule has 2 aliphatic heterocycles. The monoisotopic (exact) mass is 447 g/mol. The third kappa shape index (κ3) is 4.88. The number of halogens is 3. The van der Waals surface area contributed by atoms with Crippen LogP contribution in [0.5, 0.6) is 0 Å². The highest BCUT2D eigenvalue weighted by molar-refractivity contribution is 6.31. The Labute approximate surface area is 185 Å². The molecule has 0 aliphatic carbocycles. The molecule has 0 aromatic heterocycles. The minimum absolute atomic E-state index is 0.0689. The molecule has 164 valence electrons. The van der Waals surface area contributed by atoms with E-state index < -0.39 is 17.5 Å². The summed E-state index contributed by atoms with van der Waals surface area (Å²) >= 11 is 6.10. The molecule has 2 heterocycles. The van der Waals surface area contributed by atoms with Crippen LogP contribution in [0.3, 0.4) is 0 Å². The van der Waals surface area contributed by atoms with Crippen LogP contribution in [0.25, 0.3) is 0 Å². The normalized spacial score (nSPS) is 20.7. The van der Waals surface area contributed by atoms with Crippen molar-refractivity contribution in [2.24, 2.45) is 11.8 Å². The Morgan fingerprint density at radius 1 is 1.06 bits per heavy atom. The average molecular weight is 448 g/mol. The van der Waals surface area contributed by atoms with E-state index in [0.717, 1.165) is 30.8 Å². The van der Waals surface area contributed by atoms with E-state index in [-0.39, 0.29) is 11.5 Å². The quantitative estimate of drug-likeness (QED) is 0.754. The van der Waals surface area contributed by atoms with Gasteiger partial charge in [0.25, 0.3) is 5.91 Å². The Kier molecular flexibility index (Phi) is 6.25. The number of anilines is 1. The number of likely N-dealkylation sites (tertiary alicyclic amines) is 2. The number of benzene rings is 2. The Bertz CT molecular complexity index is 1000. The van der Waals surface area contributed by atoms with Crippen molar-refractivity contribution in [2.45, 2.75) is 13.3 Å². The lowest BCUT2D eigenvalue weighted by Crippen LogP contribution is -2.34. The van der Waals surface area contributed by atoms with Gasteiger partial charge in [-0.1, -0.05) is 17.7 Å². The highest BCUT2D eigenvalue weighted by Gasteiger charge is 2.41. The van der Waals surface area contributed by atoms with Crippen LogP contribution in [0.1, 0.15) is 22.3 Å². The van der Waals surface area contributed by atoms with Crippen LogP contribution in [0.15, 0.2) is 36.4 Å². The van der Waals surface area contributed by atoms with Gasteiger partial charge in [0.2, 0.25) is 5.91 Å². The second-order valence-corrected chi connectivity index (χ2v) is 8.78. The number of carbonyl (C=O) groups is 2. The van der Waals surface area contributed by atoms with Crippen molar-refractivity contribution < 1.29 is 18.4 Å². The van der Waals surface area contributed by atoms with E-state index in [4.69, 9.17) is 11.6 Å². The van der Waals surface area contributed by atoms with Crippen molar-refractivity contribution in [3.63, 3.8) is 0 Å². The summed E-state index contributed by atoms with van der Waals surface area (Å²) in [6, 6.07) is 8.48. The van der Waals surface area contributed by atoms with Crippen molar-refractivity contribution in [1.29, 1.82) is 0 Å². The summed E-state index contributed by atoms with van der Waals surface area (Å²) < 4.78 is 27.0.